The number of para-hydroxylation sites is 1. The molecule has 2 heterocycles. The summed E-state index contributed by atoms with van der Waals surface area (Å²) in [5, 5.41) is 3.80. The van der Waals surface area contributed by atoms with E-state index in [2.05, 4.69) is 10.3 Å². The van der Waals surface area contributed by atoms with Gasteiger partial charge in [-0.05, 0) is 30.2 Å². The van der Waals surface area contributed by atoms with Crippen LogP contribution in [0.5, 0.6) is 11.5 Å². The monoisotopic (exact) mass is 390 g/mol. The van der Waals surface area contributed by atoms with Gasteiger partial charge in [-0.15, -0.1) is 0 Å². The molecule has 0 saturated carbocycles. The molecule has 1 aromatic heterocycles. The Bertz CT molecular complexity index is 1110. The molecule has 1 aliphatic rings. The molecule has 0 atom stereocenters. The zero-order chi connectivity index (χ0) is 19.9. The van der Waals surface area contributed by atoms with E-state index in [1.165, 1.54) is 6.07 Å². The molecule has 0 spiro atoms. The van der Waals surface area contributed by atoms with Crippen molar-refractivity contribution < 1.29 is 22.6 Å². The van der Waals surface area contributed by atoms with Gasteiger partial charge >= 0.3 is 6.18 Å². The third kappa shape index (κ3) is 3.15. The van der Waals surface area contributed by atoms with Crippen LogP contribution in [0.1, 0.15) is 5.56 Å². The van der Waals surface area contributed by atoms with Crippen LogP contribution in [0.3, 0.4) is 0 Å². The summed E-state index contributed by atoms with van der Waals surface area (Å²) in [5.41, 5.74) is 2.59. The van der Waals surface area contributed by atoms with Crippen LogP contribution in [-0.4, -0.2) is 31.4 Å². The van der Waals surface area contributed by atoms with E-state index < -0.39 is 12.8 Å². The molecule has 4 rings (SSSR count). The number of fused-ring (bicyclic) bond motifs is 3. The van der Waals surface area contributed by atoms with Crippen LogP contribution in [0.2, 0.25) is 0 Å². The van der Waals surface area contributed by atoms with Crippen LogP contribution in [0.4, 0.5) is 18.9 Å². The fourth-order valence-electron chi connectivity index (χ4n) is 3.54. The highest BCUT2D eigenvalue weighted by molar-refractivity contribution is 6.07. The first kappa shape index (κ1) is 18.2. The molecule has 8 heteroatoms. The smallest absolute Gasteiger partial charge is 0.422 e. The van der Waals surface area contributed by atoms with Crippen LogP contribution in [-0.2, 0) is 6.42 Å². The van der Waals surface area contributed by atoms with Gasteiger partial charge in [0.2, 0.25) is 0 Å². The number of pyridine rings is 1. The van der Waals surface area contributed by atoms with Crippen molar-refractivity contribution in [2.24, 2.45) is 0 Å². The first-order valence-electron chi connectivity index (χ1n) is 8.67. The van der Waals surface area contributed by atoms with Gasteiger partial charge < -0.3 is 19.8 Å². The second-order valence-corrected chi connectivity index (χ2v) is 6.45. The van der Waals surface area contributed by atoms with E-state index >= 15 is 0 Å². The van der Waals surface area contributed by atoms with E-state index in [-0.39, 0.29) is 16.8 Å². The minimum atomic E-state index is -4.48. The maximum absolute atomic E-state index is 12.7. The van der Waals surface area contributed by atoms with Crippen molar-refractivity contribution in [1.82, 2.24) is 4.98 Å². The third-order valence-corrected chi connectivity index (χ3v) is 4.70. The predicted molar refractivity (Wildman–Crippen MR) is 100 cm³/mol. The molecule has 3 aromatic rings. The molecular weight excluding hydrogens is 373 g/mol. The number of rotatable bonds is 4. The minimum Gasteiger partial charge on any atom is -0.496 e. The Morgan fingerprint density at radius 3 is 2.61 bits per heavy atom. The molecule has 2 N–H and O–H groups in total. The zero-order valence-corrected chi connectivity index (χ0v) is 14.9. The molecule has 0 amide bonds. The second-order valence-electron chi connectivity index (χ2n) is 6.45. The van der Waals surface area contributed by atoms with E-state index in [0.29, 0.717) is 35.4 Å². The van der Waals surface area contributed by atoms with Crippen LogP contribution in [0.15, 0.2) is 41.2 Å². The Labute approximate surface area is 158 Å². The molecule has 2 aromatic carbocycles. The molecule has 1 aliphatic heterocycles. The SMILES string of the molecule is COc1ccccc1-c1ccc(OCC(F)(F)F)c2[nH]c(=O)c3c(c12)NCC3. The van der Waals surface area contributed by atoms with E-state index in [1.54, 1.807) is 19.2 Å². The first-order chi connectivity index (χ1) is 13.4. The molecule has 0 radical (unpaired) electrons. The van der Waals surface area contributed by atoms with Gasteiger partial charge in [-0.25, -0.2) is 0 Å². The average Bonchev–Trinajstić information content (AvgIpc) is 3.16. The Balaban J connectivity index is 2.00. The number of hydrogen-bond acceptors (Lipinski definition) is 4. The summed E-state index contributed by atoms with van der Waals surface area (Å²) in [7, 11) is 1.55. The van der Waals surface area contributed by atoms with E-state index in [1.807, 2.05) is 18.2 Å². The van der Waals surface area contributed by atoms with Crippen molar-refractivity contribution in [2.75, 3.05) is 25.6 Å². The van der Waals surface area contributed by atoms with Crippen LogP contribution in [0.25, 0.3) is 22.0 Å². The fraction of sp³-hybridized carbons (Fsp3) is 0.250. The number of benzene rings is 2. The summed E-state index contributed by atoms with van der Waals surface area (Å²) < 4.78 is 48.4. The predicted octanol–water partition coefficient (Wildman–Crippen LogP) is 4.11. The average molecular weight is 390 g/mol. The third-order valence-electron chi connectivity index (χ3n) is 4.70. The highest BCUT2D eigenvalue weighted by Gasteiger charge is 2.30. The summed E-state index contributed by atoms with van der Waals surface area (Å²) >= 11 is 0. The van der Waals surface area contributed by atoms with E-state index in [0.717, 1.165) is 11.1 Å². The minimum absolute atomic E-state index is 0.0282. The van der Waals surface area contributed by atoms with Crippen molar-refractivity contribution in [3.05, 3.63) is 52.3 Å². The molecule has 0 unspecified atom stereocenters. The Morgan fingerprint density at radius 1 is 1.07 bits per heavy atom. The van der Waals surface area contributed by atoms with Crippen molar-refractivity contribution in [2.45, 2.75) is 12.6 Å². The maximum Gasteiger partial charge on any atom is 0.422 e. The number of alkyl halides is 3. The fourth-order valence-corrected chi connectivity index (χ4v) is 3.54. The van der Waals surface area contributed by atoms with Gasteiger partial charge in [-0.3, -0.25) is 4.79 Å². The number of halogens is 3. The summed E-state index contributed by atoms with van der Waals surface area (Å²) in [6.07, 6.45) is -3.94. The Kier molecular flexibility index (Phi) is 4.41. The van der Waals surface area contributed by atoms with Crippen molar-refractivity contribution >= 4 is 16.6 Å². The maximum atomic E-state index is 12.7. The largest absolute Gasteiger partial charge is 0.496 e. The Hall–Kier alpha value is -3.16. The summed E-state index contributed by atoms with van der Waals surface area (Å²) in [6.45, 7) is -0.862. The number of hydrogen-bond donors (Lipinski definition) is 2. The summed E-state index contributed by atoms with van der Waals surface area (Å²) in [6, 6.07) is 10.5. The van der Waals surface area contributed by atoms with Crippen molar-refractivity contribution in [3.63, 3.8) is 0 Å². The van der Waals surface area contributed by atoms with Crippen LogP contribution >= 0.6 is 0 Å². The molecule has 5 nitrogen and oxygen atoms in total. The Morgan fingerprint density at radius 2 is 1.86 bits per heavy atom. The molecule has 146 valence electrons. The highest BCUT2D eigenvalue weighted by atomic mass is 19.4. The molecule has 0 bridgehead atoms. The van der Waals surface area contributed by atoms with Crippen molar-refractivity contribution in [3.8, 4) is 22.6 Å². The van der Waals surface area contributed by atoms with E-state index in [4.69, 9.17) is 9.47 Å². The lowest BCUT2D eigenvalue weighted by molar-refractivity contribution is -0.153. The van der Waals surface area contributed by atoms with Crippen molar-refractivity contribution in [1.29, 1.82) is 0 Å². The number of aromatic amines is 1. The van der Waals surface area contributed by atoms with Gasteiger partial charge in [-0.2, -0.15) is 13.2 Å². The van der Waals surface area contributed by atoms with Gasteiger partial charge in [0.15, 0.2) is 6.61 Å². The summed E-state index contributed by atoms with van der Waals surface area (Å²) in [4.78, 5) is 15.2. The second kappa shape index (κ2) is 6.78. The molecule has 0 saturated heterocycles. The van der Waals surface area contributed by atoms with Crippen LogP contribution in [0, 0.1) is 0 Å². The number of anilines is 1. The van der Waals surface area contributed by atoms with Crippen LogP contribution < -0.4 is 20.3 Å². The lowest BCUT2D eigenvalue weighted by Crippen LogP contribution is -2.20. The van der Waals surface area contributed by atoms with Gasteiger partial charge in [0.1, 0.15) is 11.5 Å². The van der Waals surface area contributed by atoms with Gasteiger partial charge in [0, 0.05) is 23.1 Å². The number of nitrogens with one attached hydrogen (secondary N) is 2. The highest BCUT2D eigenvalue weighted by Crippen LogP contribution is 2.42. The summed E-state index contributed by atoms with van der Waals surface area (Å²) in [5.74, 6) is 0.588. The number of aromatic nitrogens is 1. The standard InChI is InChI=1S/C20H17F3N2O3/c1-27-14-5-3-2-4-11(14)12-6-7-15(28-10-20(21,22)23)18-16(12)17-13(8-9-24-17)19(26)25-18/h2-7,24H,8-10H2,1H3,(H,25,26). The van der Waals surface area contributed by atoms with E-state index in [9.17, 15) is 18.0 Å². The molecule has 0 fully saturated rings. The lowest BCUT2D eigenvalue weighted by Gasteiger charge is -2.17. The topological polar surface area (TPSA) is 63.4 Å². The number of methoxy groups -OCH3 is 1. The molecule has 0 aliphatic carbocycles. The first-order valence-corrected chi connectivity index (χ1v) is 8.67. The van der Waals surface area contributed by atoms with Gasteiger partial charge in [0.05, 0.1) is 18.3 Å². The molecule has 28 heavy (non-hydrogen) atoms. The number of H-pyrrole nitrogens is 1. The normalized spacial score (nSPS) is 13.3. The van der Waals surface area contributed by atoms with Gasteiger partial charge in [0.25, 0.3) is 5.56 Å². The quantitative estimate of drug-likeness (QED) is 0.704. The number of ether oxygens (including phenoxy) is 2. The molecular formula is C20H17F3N2O3. The van der Waals surface area contributed by atoms with Gasteiger partial charge in [-0.1, -0.05) is 18.2 Å². The zero-order valence-electron chi connectivity index (χ0n) is 14.9. The lowest BCUT2D eigenvalue weighted by atomic mass is 9.97.